The fourth-order valence-electron chi connectivity index (χ4n) is 2.44. The second-order valence-electron chi connectivity index (χ2n) is 5.13. The van der Waals surface area contributed by atoms with Crippen molar-refractivity contribution in [2.24, 2.45) is 5.41 Å². The summed E-state index contributed by atoms with van der Waals surface area (Å²) in [6.45, 7) is 1.09. The summed E-state index contributed by atoms with van der Waals surface area (Å²) < 4.78 is 31.4. The van der Waals surface area contributed by atoms with Gasteiger partial charge in [0, 0.05) is 24.8 Å². The van der Waals surface area contributed by atoms with E-state index in [4.69, 9.17) is 4.74 Å². The van der Waals surface area contributed by atoms with Crippen LogP contribution in [0.25, 0.3) is 0 Å². The summed E-state index contributed by atoms with van der Waals surface area (Å²) in [5.41, 5.74) is 0.851. The minimum absolute atomic E-state index is 0.0139. The molecule has 1 saturated carbocycles. The molecule has 2 rings (SSSR count). The van der Waals surface area contributed by atoms with E-state index in [1.807, 2.05) is 30.3 Å². The lowest BCUT2D eigenvalue weighted by atomic mass is 9.66. The van der Waals surface area contributed by atoms with Crippen LogP contribution in [0.1, 0.15) is 24.8 Å². The molecule has 18 heavy (non-hydrogen) atoms. The van der Waals surface area contributed by atoms with Crippen LogP contribution in [-0.2, 0) is 11.3 Å². The Kier molecular flexibility index (Phi) is 4.38. The second-order valence-corrected chi connectivity index (χ2v) is 5.69. The Bertz CT molecular complexity index is 373. The molecule has 0 spiro atoms. The minimum Gasteiger partial charge on any atom is -0.377 e. The van der Waals surface area contributed by atoms with E-state index in [2.05, 4.69) is 15.9 Å². The SMILES string of the molecule is FC1(F)CC(CBr)(CCOCc2ccccc2)C1. The highest BCUT2D eigenvalue weighted by atomic mass is 79.9. The molecule has 1 aliphatic rings. The number of hydrogen-bond donors (Lipinski definition) is 0. The maximum atomic E-state index is 12.9. The molecule has 1 aromatic carbocycles. The van der Waals surface area contributed by atoms with Gasteiger partial charge in [-0.2, -0.15) is 0 Å². The maximum Gasteiger partial charge on any atom is 0.249 e. The number of benzene rings is 1. The molecule has 0 N–H and O–H groups in total. The Balaban J connectivity index is 1.69. The van der Waals surface area contributed by atoms with Crippen molar-refractivity contribution in [3.8, 4) is 0 Å². The highest BCUT2D eigenvalue weighted by Crippen LogP contribution is 2.54. The van der Waals surface area contributed by atoms with Crippen LogP contribution in [-0.4, -0.2) is 17.9 Å². The topological polar surface area (TPSA) is 9.23 Å². The van der Waals surface area contributed by atoms with Crippen molar-refractivity contribution in [2.45, 2.75) is 31.8 Å². The molecule has 0 amide bonds. The van der Waals surface area contributed by atoms with Crippen molar-refractivity contribution >= 4 is 15.9 Å². The lowest BCUT2D eigenvalue weighted by Crippen LogP contribution is -2.47. The van der Waals surface area contributed by atoms with Crippen LogP contribution in [0.15, 0.2) is 30.3 Å². The van der Waals surface area contributed by atoms with E-state index >= 15 is 0 Å². The van der Waals surface area contributed by atoms with Crippen molar-refractivity contribution in [2.75, 3.05) is 11.9 Å². The van der Waals surface area contributed by atoms with Gasteiger partial charge in [-0.05, 0) is 17.4 Å². The molecule has 0 unspecified atom stereocenters. The molecule has 1 aliphatic carbocycles. The van der Waals surface area contributed by atoms with E-state index in [0.29, 0.717) is 25.0 Å². The largest absolute Gasteiger partial charge is 0.377 e. The maximum absolute atomic E-state index is 12.9. The molecule has 4 heteroatoms. The van der Waals surface area contributed by atoms with E-state index in [-0.39, 0.29) is 18.3 Å². The molecule has 0 saturated heterocycles. The molecule has 1 aromatic rings. The van der Waals surface area contributed by atoms with E-state index in [0.717, 1.165) is 5.56 Å². The molecular weight excluding hydrogens is 302 g/mol. The monoisotopic (exact) mass is 318 g/mol. The van der Waals surface area contributed by atoms with Gasteiger partial charge in [0.2, 0.25) is 5.92 Å². The van der Waals surface area contributed by atoms with Gasteiger partial charge in [0.25, 0.3) is 0 Å². The number of alkyl halides is 3. The van der Waals surface area contributed by atoms with Gasteiger partial charge in [-0.3, -0.25) is 0 Å². The molecule has 0 heterocycles. The number of rotatable bonds is 6. The van der Waals surface area contributed by atoms with Gasteiger partial charge < -0.3 is 4.74 Å². The van der Waals surface area contributed by atoms with Gasteiger partial charge in [0.15, 0.2) is 0 Å². The smallest absolute Gasteiger partial charge is 0.249 e. The average Bonchev–Trinajstić information content (AvgIpc) is 2.33. The summed E-state index contributed by atoms with van der Waals surface area (Å²) in [4.78, 5) is 0. The molecule has 0 radical (unpaired) electrons. The molecule has 1 nitrogen and oxygen atoms in total. The van der Waals surface area contributed by atoms with Gasteiger partial charge in [-0.15, -0.1) is 0 Å². The summed E-state index contributed by atoms with van der Waals surface area (Å²) in [5, 5.41) is 0.629. The summed E-state index contributed by atoms with van der Waals surface area (Å²) in [5.74, 6) is -2.47. The van der Waals surface area contributed by atoms with Crippen LogP contribution in [0.3, 0.4) is 0 Å². The molecule has 100 valence electrons. The van der Waals surface area contributed by atoms with Crippen LogP contribution in [0.4, 0.5) is 8.78 Å². The Morgan fingerprint density at radius 3 is 2.39 bits per heavy atom. The Labute approximate surface area is 115 Å². The Morgan fingerprint density at radius 1 is 1.17 bits per heavy atom. The van der Waals surface area contributed by atoms with E-state index in [1.54, 1.807) is 0 Å². The molecule has 0 bridgehead atoms. The third kappa shape index (κ3) is 3.51. The van der Waals surface area contributed by atoms with Crippen molar-refractivity contribution in [3.63, 3.8) is 0 Å². The quantitative estimate of drug-likeness (QED) is 0.558. The van der Waals surface area contributed by atoms with Crippen LogP contribution < -0.4 is 0 Å². The predicted molar refractivity (Wildman–Crippen MR) is 71.1 cm³/mol. The van der Waals surface area contributed by atoms with Crippen LogP contribution in [0.2, 0.25) is 0 Å². The molecule has 0 aliphatic heterocycles. The van der Waals surface area contributed by atoms with Gasteiger partial charge >= 0.3 is 0 Å². The normalized spacial score (nSPS) is 20.4. The zero-order chi connectivity index (χ0) is 13.1. The van der Waals surface area contributed by atoms with Gasteiger partial charge in [-0.1, -0.05) is 46.3 Å². The third-order valence-electron chi connectivity index (χ3n) is 3.44. The van der Waals surface area contributed by atoms with E-state index < -0.39 is 5.92 Å². The lowest BCUT2D eigenvalue weighted by Gasteiger charge is -2.46. The molecular formula is C14H17BrF2O. The number of halogens is 3. The fraction of sp³-hybridized carbons (Fsp3) is 0.571. The molecule has 1 fully saturated rings. The zero-order valence-corrected chi connectivity index (χ0v) is 11.8. The van der Waals surface area contributed by atoms with Crippen LogP contribution in [0.5, 0.6) is 0 Å². The third-order valence-corrected chi connectivity index (χ3v) is 4.63. The van der Waals surface area contributed by atoms with Crippen LogP contribution in [0, 0.1) is 5.41 Å². The molecule has 0 atom stereocenters. The van der Waals surface area contributed by atoms with Crippen molar-refractivity contribution in [1.29, 1.82) is 0 Å². The average molecular weight is 319 g/mol. The zero-order valence-electron chi connectivity index (χ0n) is 10.2. The van der Waals surface area contributed by atoms with Crippen LogP contribution >= 0.6 is 15.9 Å². The highest BCUT2D eigenvalue weighted by Gasteiger charge is 2.55. The van der Waals surface area contributed by atoms with E-state index in [9.17, 15) is 8.78 Å². The standard InChI is InChI=1S/C14H17BrF2O/c15-11-13(9-14(16,17)10-13)6-7-18-8-12-4-2-1-3-5-12/h1-5H,6-11H2. The first-order chi connectivity index (χ1) is 8.55. The van der Waals surface area contributed by atoms with Crippen molar-refractivity contribution in [3.05, 3.63) is 35.9 Å². The first-order valence-electron chi connectivity index (χ1n) is 6.11. The second kappa shape index (κ2) is 5.66. The summed E-state index contributed by atoms with van der Waals surface area (Å²) in [6.07, 6.45) is 0.667. The highest BCUT2D eigenvalue weighted by molar-refractivity contribution is 9.09. The molecule has 0 aromatic heterocycles. The predicted octanol–water partition coefficient (Wildman–Crippen LogP) is 4.40. The first kappa shape index (κ1) is 13.9. The van der Waals surface area contributed by atoms with Crippen molar-refractivity contribution < 1.29 is 13.5 Å². The number of ether oxygens (including phenoxy) is 1. The lowest BCUT2D eigenvalue weighted by molar-refractivity contribution is -0.158. The first-order valence-corrected chi connectivity index (χ1v) is 7.23. The Hall–Kier alpha value is -0.480. The van der Waals surface area contributed by atoms with Crippen molar-refractivity contribution in [1.82, 2.24) is 0 Å². The van der Waals surface area contributed by atoms with Gasteiger partial charge in [-0.25, -0.2) is 8.78 Å². The fourth-order valence-corrected chi connectivity index (χ4v) is 3.11. The minimum atomic E-state index is -2.47. The Morgan fingerprint density at radius 2 is 1.83 bits per heavy atom. The summed E-state index contributed by atoms with van der Waals surface area (Å²) in [6, 6.07) is 9.88. The van der Waals surface area contributed by atoms with E-state index in [1.165, 1.54) is 0 Å². The van der Waals surface area contributed by atoms with Gasteiger partial charge in [0.05, 0.1) is 6.61 Å². The van der Waals surface area contributed by atoms with Gasteiger partial charge in [0.1, 0.15) is 0 Å². The number of hydrogen-bond acceptors (Lipinski definition) is 1. The summed E-state index contributed by atoms with van der Waals surface area (Å²) in [7, 11) is 0. The summed E-state index contributed by atoms with van der Waals surface area (Å²) >= 11 is 3.34.